The number of rotatable bonds is 5. The molecule has 108 valence electrons. The summed E-state index contributed by atoms with van der Waals surface area (Å²) in [4.78, 5) is 4.45. The highest BCUT2D eigenvalue weighted by molar-refractivity contribution is 5.02. The Hall–Kier alpha value is -0.160. The van der Waals surface area contributed by atoms with Gasteiger partial charge in [0.05, 0.1) is 17.3 Å². The van der Waals surface area contributed by atoms with Crippen LogP contribution in [0.1, 0.15) is 27.7 Å². The maximum absolute atomic E-state index is 10.4. The van der Waals surface area contributed by atoms with Crippen molar-refractivity contribution in [2.24, 2.45) is 5.92 Å². The van der Waals surface area contributed by atoms with E-state index in [1.807, 2.05) is 13.8 Å². The quantitative estimate of drug-likeness (QED) is 0.799. The minimum absolute atomic E-state index is 0.152. The second-order valence-electron chi connectivity index (χ2n) is 6.93. The van der Waals surface area contributed by atoms with E-state index in [0.717, 1.165) is 19.6 Å². The van der Waals surface area contributed by atoms with Gasteiger partial charge in [0, 0.05) is 25.6 Å². The predicted molar refractivity (Wildman–Crippen MR) is 74.8 cm³/mol. The summed E-state index contributed by atoms with van der Waals surface area (Å²) in [5.41, 5.74) is -0.716. The minimum atomic E-state index is -0.448. The van der Waals surface area contributed by atoms with Gasteiger partial charge in [-0.3, -0.25) is 0 Å². The molecule has 0 spiro atoms. The Morgan fingerprint density at radius 3 is 1.94 bits per heavy atom. The standard InChI is InChI=1S/C14H30N2O2/c1-13(2)11(12(17)14(3,4)18-13)10-16(7)9-8-15(5)6/h11-12,17H,8-10H2,1-7H3. The number of hydrogen-bond donors (Lipinski definition) is 1. The van der Waals surface area contributed by atoms with Crippen LogP contribution in [-0.4, -0.2) is 73.0 Å². The molecule has 0 aromatic carbocycles. The van der Waals surface area contributed by atoms with E-state index in [4.69, 9.17) is 4.74 Å². The van der Waals surface area contributed by atoms with Crippen LogP contribution < -0.4 is 0 Å². The van der Waals surface area contributed by atoms with Gasteiger partial charge in [0.25, 0.3) is 0 Å². The van der Waals surface area contributed by atoms with Crippen LogP contribution in [0.3, 0.4) is 0 Å². The third-order valence-electron chi connectivity index (χ3n) is 3.95. The van der Waals surface area contributed by atoms with Crippen LogP contribution >= 0.6 is 0 Å². The largest absolute Gasteiger partial charge is 0.390 e. The van der Waals surface area contributed by atoms with Crippen molar-refractivity contribution in [2.45, 2.75) is 45.0 Å². The van der Waals surface area contributed by atoms with Gasteiger partial charge < -0.3 is 19.6 Å². The topological polar surface area (TPSA) is 35.9 Å². The van der Waals surface area contributed by atoms with Crippen LogP contribution in [-0.2, 0) is 4.74 Å². The minimum Gasteiger partial charge on any atom is -0.390 e. The first-order chi connectivity index (χ1) is 8.06. The summed E-state index contributed by atoms with van der Waals surface area (Å²) in [6.45, 7) is 11.0. The molecular weight excluding hydrogens is 228 g/mol. The number of ether oxygens (including phenoxy) is 1. The first-order valence-corrected chi connectivity index (χ1v) is 6.78. The van der Waals surface area contributed by atoms with Crippen LogP contribution in [0.15, 0.2) is 0 Å². The van der Waals surface area contributed by atoms with Gasteiger partial charge in [0.1, 0.15) is 0 Å². The van der Waals surface area contributed by atoms with Crippen LogP contribution in [0, 0.1) is 5.92 Å². The van der Waals surface area contributed by atoms with Gasteiger partial charge in [0.2, 0.25) is 0 Å². The fraction of sp³-hybridized carbons (Fsp3) is 1.00. The number of likely N-dealkylation sites (N-methyl/N-ethyl adjacent to an activating group) is 2. The second kappa shape index (κ2) is 5.45. The Labute approximate surface area is 112 Å². The molecule has 1 aliphatic rings. The van der Waals surface area contributed by atoms with Crippen molar-refractivity contribution in [3.8, 4) is 0 Å². The van der Waals surface area contributed by atoms with E-state index in [1.165, 1.54) is 0 Å². The summed E-state index contributed by atoms with van der Waals surface area (Å²) in [5.74, 6) is 0.152. The second-order valence-corrected chi connectivity index (χ2v) is 6.93. The van der Waals surface area contributed by atoms with Crippen molar-refractivity contribution in [1.82, 2.24) is 9.80 Å². The predicted octanol–water partition coefficient (Wildman–Crippen LogP) is 1.04. The summed E-state index contributed by atoms with van der Waals surface area (Å²) < 4.78 is 6.00. The summed E-state index contributed by atoms with van der Waals surface area (Å²) in [6, 6.07) is 0. The zero-order valence-corrected chi connectivity index (χ0v) is 13.0. The fourth-order valence-corrected chi connectivity index (χ4v) is 2.80. The number of aliphatic hydroxyl groups excluding tert-OH is 1. The van der Waals surface area contributed by atoms with Gasteiger partial charge in [0.15, 0.2) is 0 Å². The van der Waals surface area contributed by atoms with Gasteiger partial charge >= 0.3 is 0 Å². The molecule has 2 atom stereocenters. The fourth-order valence-electron chi connectivity index (χ4n) is 2.80. The lowest BCUT2D eigenvalue weighted by atomic mass is 9.84. The van der Waals surface area contributed by atoms with Gasteiger partial charge in [-0.15, -0.1) is 0 Å². The molecule has 2 unspecified atom stereocenters. The maximum atomic E-state index is 10.4. The summed E-state index contributed by atoms with van der Waals surface area (Å²) in [7, 11) is 6.26. The van der Waals surface area contributed by atoms with Crippen LogP contribution in [0.4, 0.5) is 0 Å². The average Bonchev–Trinajstić information content (AvgIpc) is 2.33. The van der Waals surface area contributed by atoms with Crippen molar-refractivity contribution >= 4 is 0 Å². The van der Waals surface area contributed by atoms with Gasteiger partial charge in [-0.05, 0) is 48.8 Å². The molecule has 18 heavy (non-hydrogen) atoms. The number of hydrogen-bond acceptors (Lipinski definition) is 4. The molecule has 1 N–H and O–H groups in total. The van der Waals surface area contributed by atoms with Crippen LogP contribution in [0.25, 0.3) is 0 Å². The molecule has 0 bridgehead atoms. The number of nitrogens with zero attached hydrogens (tertiary/aromatic N) is 2. The first kappa shape index (κ1) is 15.9. The molecule has 0 radical (unpaired) electrons. The molecule has 4 nitrogen and oxygen atoms in total. The third-order valence-corrected chi connectivity index (χ3v) is 3.95. The lowest BCUT2D eigenvalue weighted by Crippen LogP contribution is -2.43. The normalized spacial score (nSPS) is 30.3. The van der Waals surface area contributed by atoms with Crippen molar-refractivity contribution in [3.05, 3.63) is 0 Å². The Morgan fingerprint density at radius 2 is 1.56 bits per heavy atom. The zero-order chi connectivity index (χ0) is 14.1. The molecule has 0 aromatic heterocycles. The van der Waals surface area contributed by atoms with Crippen LogP contribution in [0.5, 0.6) is 0 Å². The van der Waals surface area contributed by atoms with Crippen molar-refractivity contribution in [3.63, 3.8) is 0 Å². The Balaban J connectivity index is 2.60. The third kappa shape index (κ3) is 3.67. The Kier molecular flexibility index (Phi) is 4.81. The highest BCUT2D eigenvalue weighted by Gasteiger charge is 2.53. The molecule has 0 aliphatic carbocycles. The molecule has 1 rings (SSSR count). The molecule has 1 saturated heterocycles. The van der Waals surface area contributed by atoms with E-state index < -0.39 is 11.7 Å². The monoisotopic (exact) mass is 258 g/mol. The van der Waals surface area contributed by atoms with E-state index in [9.17, 15) is 5.11 Å². The smallest absolute Gasteiger partial charge is 0.0896 e. The highest BCUT2D eigenvalue weighted by atomic mass is 16.5. The molecule has 1 heterocycles. The summed E-state index contributed by atoms with van der Waals surface area (Å²) in [5, 5.41) is 10.4. The highest BCUT2D eigenvalue weighted by Crippen LogP contribution is 2.42. The maximum Gasteiger partial charge on any atom is 0.0896 e. The molecule has 0 amide bonds. The van der Waals surface area contributed by atoms with E-state index in [2.05, 4.69) is 44.8 Å². The Bertz CT molecular complexity index is 277. The zero-order valence-electron chi connectivity index (χ0n) is 13.0. The molecular formula is C14H30N2O2. The van der Waals surface area contributed by atoms with Crippen molar-refractivity contribution in [2.75, 3.05) is 40.8 Å². The molecule has 0 saturated carbocycles. The van der Waals surface area contributed by atoms with E-state index in [0.29, 0.717) is 0 Å². The van der Waals surface area contributed by atoms with E-state index in [-0.39, 0.29) is 11.5 Å². The average molecular weight is 258 g/mol. The van der Waals surface area contributed by atoms with Gasteiger partial charge in [-0.1, -0.05) is 0 Å². The van der Waals surface area contributed by atoms with E-state index >= 15 is 0 Å². The lowest BCUT2D eigenvalue weighted by molar-refractivity contribution is -0.0912. The number of aliphatic hydroxyl groups is 1. The SMILES string of the molecule is CN(C)CCN(C)CC1C(O)C(C)(C)OC1(C)C. The van der Waals surface area contributed by atoms with Gasteiger partial charge in [-0.25, -0.2) is 0 Å². The van der Waals surface area contributed by atoms with Crippen molar-refractivity contribution in [1.29, 1.82) is 0 Å². The lowest BCUT2D eigenvalue weighted by Gasteiger charge is -2.31. The summed E-state index contributed by atoms with van der Waals surface area (Å²) in [6.07, 6.45) is -0.408. The summed E-state index contributed by atoms with van der Waals surface area (Å²) >= 11 is 0. The molecule has 4 heteroatoms. The van der Waals surface area contributed by atoms with Crippen LogP contribution in [0.2, 0.25) is 0 Å². The molecule has 1 fully saturated rings. The molecule has 1 aliphatic heterocycles. The van der Waals surface area contributed by atoms with Crippen molar-refractivity contribution < 1.29 is 9.84 Å². The van der Waals surface area contributed by atoms with Gasteiger partial charge in [-0.2, -0.15) is 0 Å². The van der Waals surface area contributed by atoms with E-state index in [1.54, 1.807) is 0 Å². The Morgan fingerprint density at radius 1 is 1.00 bits per heavy atom. The molecule has 0 aromatic rings. The first-order valence-electron chi connectivity index (χ1n) is 6.78.